The van der Waals surface area contributed by atoms with Crippen molar-refractivity contribution in [3.05, 3.63) is 0 Å². The van der Waals surface area contributed by atoms with E-state index in [9.17, 15) is 0 Å². The van der Waals surface area contributed by atoms with Crippen molar-refractivity contribution in [1.29, 1.82) is 0 Å². The Bertz CT molecular complexity index is 78.2. The maximum absolute atomic E-state index is 4.25. The first kappa shape index (κ1) is 15.4. The summed E-state index contributed by atoms with van der Waals surface area (Å²) in [7, 11) is 11.4. The van der Waals surface area contributed by atoms with Gasteiger partial charge in [-0.05, 0) is 54.1 Å². The molecule has 3 heteroatoms. The summed E-state index contributed by atoms with van der Waals surface area (Å²) in [5.74, 6) is 0. The highest BCUT2D eigenvalue weighted by Gasteiger charge is 2.03. The maximum atomic E-state index is 4.25. The van der Waals surface area contributed by atoms with Gasteiger partial charge in [0.05, 0.1) is 0 Å². The number of nitrogens with zero attached hydrogens (tertiary/aromatic N) is 2. The van der Waals surface area contributed by atoms with Crippen LogP contribution in [0.4, 0.5) is 0 Å². The number of likely N-dealkylation sites (tertiary alicyclic amines) is 1. The molecule has 1 aliphatic rings. The Morgan fingerprint density at radius 3 is 1.31 bits per heavy atom. The van der Waals surface area contributed by atoms with E-state index in [2.05, 4.69) is 16.7 Å². The zero-order chi connectivity index (χ0) is 10.7. The summed E-state index contributed by atoms with van der Waals surface area (Å²) in [5.41, 5.74) is 0. The van der Waals surface area contributed by atoms with Crippen LogP contribution in [0, 0.1) is 0 Å². The SMILES string of the molecule is CN(C)C.CN1CCCC1.COC. The molecule has 0 N–H and O–H groups in total. The van der Waals surface area contributed by atoms with Crippen LogP contribution in [-0.2, 0) is 4.74 Å². The van der Waals surface area contributed by atoms with Gasteiger partial charge in [-0.25, -0.2) is 0 Å². The van der Waals surface area contributed by atoms with Crippen molar-refractivity contribution in [2.45, 2.75) is 12.8 Å². The number of hydrogen-bond acceptors (Lipinski definition) is 3. The van der Waals surface area contributed by atoms with E-state index in [1.54, 1.807) is 14.2 Å². The predicted octanol–water partition coefficient (Wildman–Crippen LogP) is 1.15. The number of hydrogen-bond donors (Lipinski definition) is 0. The Kier molecular flexibility index (Phi) is 14.0. The van der Waals surface area contributed by atoms with Gasteiger partial charge in [-0.3, -0.25) is 0 Å². The normalized spacial score (nSPS) is 15.9. The summed E-state index contributed by atoms with van der Waals surface area (Å²) < 4.78 is 4.25. The largest absolute Gasteiger partial charge is 0.388 e. The Morgan fingerprint density at radius 1 is 1.00 bits per heavy atom. The molecule has 1 fully saturated rings. The third kappa shape index (κ3) is 24.5. The van der Waals surface area contributed by atoms with Crippen molar-refractivity contribution in [2.75, 3.05) is 55.5 Å². The van der Waals surface area contributed by atoms with E-state index in [0.29, 0.717) is 0 Å². The molecule has 0 bridgehead atoms. The zero-order valence-corrected chi connectivity index (χ0v) is 10.1. The third-order valence-electron chi connectivity index (χ3n) is 1.33. The molecule has 0 aromatic rings. The maximum Gasteiger partial charge on any atom is 0.0351 e. The molecule has 0 aliphatic carbocycles. The minimum Gasteiger partial charge on any atom is -0.388 e. The topological polar surface area (TPSA) is 15.7 Å². The third-order valence-corrected chi connectivity index (χ3v) is 1.33. The summed E-state index contributed by atoms with van der Waals surface area (Å²) in [5, 5.41) is 0. The standard InChI is InChI=1S/C5H11N.C3H9N.C2H6O/c1-6-4-2-3-5-6;1-4(2)3;1-3-2/h2-5H2,1H3;1-3H3;1-2H3. The number of methoxy groups -OCH3 is 1. The average Bonchev–Trinajstić information content (AvgIpc) is 2.39. The summed E-state index contributed by atoms with van der Waals surface area (Å²) in [6, 6.07) is 0. The summed E-state index contributed by atoms with van der Waals surface area (Å²) in [6.45, 7) is 2.64. The number of rotatable bonds is 0. The van der Waals surface area contributed by atoms with E-state index in [1.165, 1.54) is 25.9 Å². The van der Waals surface area contributed by atoms with E-state index < -0.39 is 0 Å². The fourth-order valence-electron chi connectivity index (χ4n) is 0.875. The first-order valence-electron chi connectivity index (χ1n) is 4.74. The highest BCUT2D eigenvalue weighted by atomic mass is 16.4. The van der Waals surface area contributed by atoms with Gasteiger partial charge in [0.2, 0.25) is 0 Å². The molecule has 13 heavy (non-hydrogen) atoms. The van der Waals surface area contributed by atoms with Crippen molar-refractivity contribution < 1.29 is 4.74 Å². The average molecular weight is 190 g/mol. The monoisotopic (exact) mass is 190 g/mol. The molecule has 0 atom stereocenters. The van der Waals surface area contributed by atoms with Crippen molar-refractivity contribution in [1.82, 2.24) is 9.80 Å². The zero-order valence-electron chi connectivity index (χ0n) is 10.1. The minimum absolute atomic E-state index is 1.32. The van der Waals surface area contributed by atoms with Crippen LogP contribution in [0.25, 0.3) is 0 Å². The lowest BCUT2D eigenvalue weighted by Crippen LogP contribution is -2.10. The smallest absolute Gasteiger partial charge is 0.0351 e. The fraction of sp³-hybridized carbons (Fsp3) is 1.00. The molecule has 1 saturated heterocycles. The van der Waals surface area contributed by atoms with Gasteiger partial charge in [0.25, 0.3) is 0 Å². The van der Waals surface area contributed by atoms with E-state index in [0.717, 1.165) is 0 Å². The van der Waals surface area contributed by atoms with Crippen molar-refractivity contribution in [2.24, 2.45) is 0 Å². The quantitative estimate of drug-likeness (QED) is 0.570. The van der Waals surface area contributed by atoms with Gasteiger partial charge >= 0.3 is 0 Å². The van der Waals surface area contributed by atoms with E-state index in [1.807, 2.05) is 26.0 Å². The van der Waals surface area contributed by atoms with Gasteiger partial charge in [-0.2, -0.15) is 0 Å². The molecule has 1 rings (SSSR count). The molecule has 0 amide bonds. The second-order valence-corrected chi connectivity index (χ2v) is 3.76. The molecule has 0 aromatic carbocycles. The molecule has 0 radical (unpaired) electrons. The first-order valence-corrected chi connectivity index (χ1v) is 4.74. The van der Waals surface area contributed by atoms with Gasteiger partial charge < -0.3 is 14.5 Å². The highest BCUT2D eigenvalue weighted by Crippen LogP contribution is 2.01. The molecule has 1 aliphatic heterocycles. The second kappa shape index (κ2) is 11.9. The van der Waals surface area contributed by atoms with Crippen molar-refractivity contribution in [3.8, 4) is 0 Å². The fourth-order valence-corrected chi connectivity index (χ4v) is 0.875. The predicted molar refractivity (Wildman–Crippen MR) is 59.3 cm³/mol. The van der Waals surface area contributed by atoms with Crippen LogP contribution in [0.15, 0.2) is 0 Å². The van der Waals surface area contributed by atoms with Crippen LogP contribution >= 0.6 is 0 Å². The van der Waals surface area contributed by atoms with Gasteiger partial charge in [-0.15, -0.1) is 0 Å². The summed E-state index contributed by atoms with van der Waals surface area (Å²) in [6.07, 6.45) is 2.83. The van der Waals surface area contributed by atoms with Gasteiger partial charge in [0.15, 0.2) is 0 Å². The van der Waals surface area contributed by atoms with E-state index >= 15 is 0 Å². The van der Waals surface area contributed by atoms with Gasteiger partial charge in [0.1, 0.15) is 0 Å². The molecule has 82 valence electrons. The van der Waals surface area contributed by atoms with Crippen LogP contribution in [0.1, 0.15) is 12.8 Å². The lowest BCUT2D eigenvalue weighted by Gasteiger charge is -2.01. The molecule has 1 heterocycles. The Balaban J connectivity index is 0. The van der Waals surface area contributed by atoms with E-state index in [-0.39, 0.29) is 0 Å². The van der Waals surface area contributed by atoms with Crippen molar-refractivity contribution in [3.63, 3.8) is 0 Å². The number of ether oxygens (including phenoxy) is 1. The molecule has 0 aromatic heterocycles. The van der Waals surface area contributed by atoms with Crippen LogP contribution in [0.3, 0.4) is 0 Å². The Hall–Kier alpha value is -0.120. The van der Waals surface area contributed by atoms with Crippen LogP contribution in [0.5, 0.6) is 0 Å². The molecular weight excluding hydrogens is 164 g/mol. The summed E-state index contributed by atoms with van der Waals surface area (Å²) in [4.78, 5) is 4.36. The minimum atomic E-state index is 1.32. The summed E-state index contributed by atoms with van der Waals surface area (Å²) >= 11 is 0. The van der Waals surface area contributed by atoms with Crippen LogP contribution in [0.2, 0.25) is 0 Å². The van der Waals surface area contributed by atoms with Crippen molar-refractivity contribution >= 4 is 0 Å². The van der Waals surface area contributed by atoms with Crippen LogP contribution in [-0.4, -0.2) is 65.3 Å². The molecule has 3 nitrogen and oxygen atoms in total. The van der Waals surface area contributed by atoms with Crippen LogP contribution < -0.4 is 0 Å². The van der Waals surface area contributed by atoms with E-state index in [4.69, 9.17) is 0 Å². The van der Waals surface area contributed by atoms with Gasteiger partial charge in [-0.1, -0.05) is 0 Å². The molecule has 0 spiro atoms. The van der Waals surface area contributed by atoms with Gasteiger partial charge in [0, 0.05) is 14.2 Å². The Morgan fingerprint density at radius 2 is 1.23 bits per heavy atom. The Labute approximate surface area is 83.7 Å². The molecular formula is C10H26N2O. The first-order chi connectivity index (χ1) is 6.04. The second-order valence-electron chi connectivity index (χ2n) is 3.76. The highest BCUT2D eigenvalue weighted by molar-refractivity contribution is 4.59. The molecule has 0 unspecified atom stereocenters. The molecule has 0 saturated carbocycles. The lowest BCUT2D eigenvalue weighted by atomic mass is 10.4. The lowest BCUT2D eigenvalue weighted by molar-refractivity contribution is 0.277.